The molecule has 0 aromatic heterocycles. The predicted octanol–water partition coefficient (Wildman–Crippen LogP) is 4.49. The lowest BCUT2D eigenvalue weighted by atomic mass is 9.75. The summed E-state index contributed by atoms with van der Waals surface area (Å²) in [6.45, 7) is 10.5. The molecule has 1 N–H and O–H groups in total. The summed E-state index contributed by atoms with van der Waals surface area (Å²) in [7, 11) is -0.381. The van der Waals surface area contributed by atoms with E-state index >= 15 is 0 Å². The van der Waals surface area contributed by atoms with Crippen LogP contribution in [0.15, 0.2) is 47.1 Å². The molecule has 1 heterocycles. The molecule has 0 bridgehead atoms. The molecule has 0 amide bonds. The van der Waals surface area contributed by atoms with E-state index in [0.717, 1.165) is 30.3 Å². The van der Waals surface area contributed by atoms with E-state index in [-0.39, 0.29) is 24.9 Å². The Kier molecular flexibility index (Phi) is 6.70. The average Bonchev–Trinajstić information content (AvgIpc) is 2.79. The highest BCUT2D eigenvalue weighted by Crippen LogP contribution is 2.39. The van der Waals surface area contributed by atoms with Gasteiger partial charge in [0.05, 0.1) is 11.2 Å². The van der Waals surface area contributed by atoms with Crippen molar-refractivity contribution in [3.8, 4) is 0 Å². The van der Waals surface area contributed by atoms with E-state index in [2.05, 4.69) is 64.6 Å². The molecule has 2 rings (SSSR count). The number of hydrogen-bond acceptors (Lipinski definition) is 3. The van der Waals surface area contributed by atoms with Crippen molar-refractivity contribution in [1.29, 1.82) is 0 Å². The average molecular weight is 342 g/mol. The van der Waals surface area contributed by atoms with Crippen molar-refractivity contribution < 1.29 is 14.4 Å². The first-order chi connectivity index (χ1) is 11.8. The summed E-state index contributed by atoms with van der Waals surface area (Å²) in [6.07, 6.45) is 3.26. The van der Waals surface area contributed by atoms with Crippen molar-refractivity contribution in [1.82, 2.24) is 0 Å². The van der Waals surface area contributed by atoms with Crippen LogP contribution in [0.2, 0.25) is 0 Å². The molecule has 0 radical (unpaired) electrons. The summed E-state index contributed by atoms with van der Waals surface area (Å²) in [5, 5.41) is 9.29. The van der Waals surface area contributed by atoms with Crippen LogP contribution in [0.1, 0.15) is 59.4 Å². The number of benzene rings is 1. The van der Waals surface area contributed by atoms with Crippen LogP contribution in [0.25, 0.3) is 0 Å². The fourth-order valence-corrected chi connectivity index (χ4v) is 2.84. The van der Waals surface area contributed by atoms with E-state index < -0.39 is 0 Å². The first-order valence-corrected chi connectivity index (χ1v) is 9.27. The normalized spacial score (nSPS) is 18.1. The van der Waals surface area contributed by atoms with Gasteiger partial charge in [-0.05, 0) is 64.5 Å². The Balaban J connectivity index is 2.28. The zero-order chi connectivity index (χ0) is 18.5. The van der Waals surface area contributed by atoms with Crippen molar-refractivity contribution >= 4 is 7.12 Å². The third kappa shape index (κ3) is 5.09. The van der Waals surface area contributed by atoms with Crippen molar-refractivity contribution in [2.24, 2.45) is 0 Å². The number of aliphatic hydroxyl groups excluding tert-OH is 1. The lowest BCUT2D eigenvalue weighted by Crippen LogP contribution is -2.41. The van der Waals surface area contributed by atoms with Crippen LogP contribution in [-0.4, -0.2) is 30.0 Å². The molecule has 4 heteroatoms. The van der Waals surface area contributed by atoms with Gasteiger partial charge in [0.25, 0.3) is 0 Å². The van der Waals surface area contributed by atoms with Crippen molar-refractivity contribution in [2.75, 3.05) is 6.61 Å². The molecule has 136 valence electrons. The van der Waals surface area contributed by atoms with Gasteiger partial charge in [-0.25, -0.2) is 0 Å². The molecule has 0 aliphatic carbocycles. The molecule has 3 nitrogen and oxygen atoms in total. The second-order valence-corrected chi connectivity index (χ2v) is 7.65. The minimum absolute atomic E-state index is 0.144. The molecule has 1 fully saturated rings. The van der Waals surface area contributed by atoms with Gasteiger partial charge in [-0.3, -0.25) is 0 Å². The quantitative estimate of drug-likeness (QED) is 0.586. The zero-order valence-corrected chi connectivity index (χ0v) is 16.3. The Morgan fingerprint density at radius 2 is 1.64 bits per heavy atom. The minimum atomic E-state index is -0.381. The number of aliphatic hydroxyl groups is 1. The maximum absolute atomic E-state index is 9.29. The molecular formula is C21H31BO3. The van der Waals surface area contributed by atoms with E-state index in [0.29, 0.717) is 6.42 Å². The van der Waals surface area contributed by atoms with E-state index in [1.54, 1.807) is 0 Å². The van der Waals surface area contributed by atoms with Gasteiger partial charge < -0.3 is 14.4 Å². The van der Waals surface area contributed by atoms with Gasteiger partial charge in [0, 0.05) is 12.1 Å². The van der Waals surface area contributed by atoms with E-state index in [9.17, 15) is 5.11 Å². The first-order valence-electron chi connectivity index (χ1n) is 9.27. The molecule has 25 heavy (non-hydrogen) atoms. The molecule has 0 spiro atoms. The van der Waals surface area contributed by atoms with Crippen LogP contribution >= 0.6 is 0 Å². The number of hydrogen-bond donors (Lipinski definition) is 1. The molecule has 1 aromatic carbocycles. The lowest BCUT2D eigenvalue weighted by molar-refractivity contribution is 0.00578. The zero-order valence-electron chi connectivity index (χ0n) is 16.3. The van der Waals surface area contributed by atoms with Crippen molar-refractivity contribution in [3.63, 3.8) is 0 Å². The molecule has 0 unspecified atom stereocenters. The smallest absolute Gasteiger partial charge is 0.399 e. The highest BCUT2D eigenvalue weighted by Gasteiger charge is 2.52. The third-order valence-electron chi connectivity index (χ3n) is 5.24. The van der Waals surface area contributed by atoms with Crippen molar-refractivity contribution in [3.05, 3.63) is 52.7 Å². The fourth-order valence-electron chi connectivity index (χ4n) is 2.84. The van der Waals surface area contributed by atoms with E-state index in [1.807, 2.05) is 6.07 Å². The summed E-state index contributed by atoms with van der Waals surface area (Å²) < 4.78 is 12.5. The molecule has 1 aliphatic heterocycles. The maximum atomic E-state index is 9.29. The second-order valence-electron chi connectivity index (χ2n) is 7.65. The Labute approximate surface area is 152 Å². The fraction of sp³-hybridized carbons (Fsp3) is 0.571. The van der Waals surface area contributed by atoms with Gasteiger partial charge in [-0.2, -0.15) is 0 Å². The van der Waals surface area contributed by atoms with Crippen LogP contribution in [0.4, 0.5) is 0 Å². The number of aryl methyl sites for hydroxylation is 1. The van der Waals surface area contributed by atoms with Gasteiger partial charge in [0.2, 0.25) is 0 Å². The standard InChI is InChI=1S/C21H31BO3/c1-6-17(14-15-23)16-19(13-12-18-10-8-7-9-11-18)22-24-20(2,3)21(4,5)25-22/h7-11,23H,6,12-15H2,1-5H3. The molecule has 0 atom stereocenters. The summed E-state index contributed by atoms with van der Waals surface area (Å²) in [6, 6.07) is 10.4. The topological polar surface area (TPSA) is 38.7 Å². The van der Waals surface area contributed by atoms with Crippen molar-refractivity contribution in [2.45, 2.75) is 71.5 Å². The summed E-state index contributed by atoms with van der Waals surface area (Å²) in [5.41, 5.74) is 6.23. The van der Waals surface area contributed by atoms with E-state index in [1.165, 1.54) is 5.56 Å². The van der Waals surface area contributed by atoms with E-state index in [4.69, 9.17) is 9.31 Å². The Morgan fingerprint density at radius 1 is 1.04 bits per heavy atom. The molecule has 1 aliphatic rings. The monoisotopic (exact) mass is 342 g/mol. The lowest BCUT2D eigenvalue weighted by Gasteiger charge is -2.32. The minimum Gasteiger partial charge on any atom is -0.399 e. The van der Waals surface area contributed by atoms with Gasteiger partial charge in [0.15, 0.2) is 0 Å². The third-order valence-corrected chi connectivity index (χ3v) is 5.24. The molecule has 1 saturated heterocycles. The Hall–Kier alpha value is -1.32. The molecular weight excluding hydrogens is 311 g/mol. The highest BCUT2D eigenvalue weighted by atomic mass is 16.7. The van der Waals surface area contributed by atoms with Gasteiger partial charge in [-0.1, -0.05) is 37.3 Å². The Bertz CT molecular complexity index is 612. The predicted molar refractivity (Wildman–Crippen MR) is 103 cm³/mol. The van der Waals surface area contributed by atoms with Crippen LogP contribution in [0.3, 0.4) is 0 Å². The summed E-state index contributed by atoms with van der Waals surface area (Å²) in [4.78, 5) is 0. The Morgan fingerprint density at radius 3 is 2.16 bits per heavy atom. The van der Waals surface area contributed by atoms with Gasteiger partial charge >= 0.3 is 7.12 Å². The van der Waals surface area contributed by atoms with Gasteiger partial charge in [0.1, 0.15) is 0 Å². The maximum Gasteiger partial charge on any atom is 0.498 e. The SMILES string of the molecule is CCC(=C=C(CCc1ccccc1)B1OC(C)(C)C(C)(C)O1)CCO. The highest BCUT2D eigenvalue weighted by molar-refractivity contribution is 6.54. The van der Waals surface area contributed by atoms with Crippen LogP contribution in [0, 0.1) is 0 Å². The van der Waals surface area contributed by atoms with Gasteiger partial charge in [-0.15, -0.1) is 5.73 Å². The number of rotatable bonds is 7. The van der Waals surface area contributed by atoms with Crippen LogP contribution in [-0.2, 0) is 15.7 Å². The largest absolute Gasteiger partial charge is 0.498 e. The molecule has 0 saturated carbocycles. The second kappa shape index (κ2) is 8.38. The summed E-state index contributed by atoms with van der Waals surface area (Å²) in [5.74, 6) is 0. The first kappa shape index (κ1) is 20.0. The van der Waals surface area contributed by atoms with Crippen LogP contribution in [0.5, 0.6) is 0 Å². The molecule has 1 aromatic rings. The van der Waals surface area contributed by atoms with Crippen LogP contribution < -0.4 is 0 Å². The summed E-state index contributed by atoms with van der Waals surface area (Å²) >= 11 is 0.